The quantitative estimate of drug-likeness (QED) is 0.137. The maximum absolute atomic E-state index is 5.30. The number of imidazole rings is 4. The molecule has 0 N–H and O–H groups in total. The van der Waals surface area contributed by atoms with Crippen LogP contribution in [0.15, 0.2) is 340 Å². The van der Waals surface area contributed by atoms with Crippen LogP contribution in [0.1, 0.15) is 0 Å². The van der Waals surface area contributed by atoms with Crippen molar-refractivity contribution in [1.29, 1.82) is 0 Å². The van der Waals surface area contributed by atoms with Crippen molar-refractivity contribution in [3.63, 3.8) is 0 Å². The van der Waals surface area contributed by atoms with Gasteiger partial charge in [0.15, 0.2) is 0 Å². The second kappa shape index (κ2) is 21.9. The van der Waals surface area contributed by atoms with Crippen molar-refractivity contribution in [1.82, 2.24) is 37.0 Å². The number of benzene rings is 12. The Morgan fingerprint density at radius 3 is 0.944 bits per heavy atom. The number of aromatic nitrogens is 8. The van der Waals surface area contributed by atoms with Gasteiger partial charge in [-0.15, -0.1) is 0 Å². The van der Waals surface area contributed by atoms with Crippen molar-refractivity contribution in [2.75, 3.05) is 0 Å². The van der Waals surface area contributed by atoms with Gasteiger partial charge in [0.1, 0.15) is 5.82 Å². The van der Waals surface area contributed by atoms with Gasteiger partial charge in [-0.25, -0.2) is 9.97 Å². The molecule has 0 unspecified atom stereocenters. The van der Waals surface area contributed by atoms with Crippen LogP contribution in [0.5, 0.6) is 0 Å². The van der Waals surface area contributed by atoms with E-state index in [2.05, 4.69) is 367 Å². The Kier molecular flexibility index (Phi) is 12.7. The fraction of sp³-hybridized carbons (Fsp3) is 0. The largest absolute Gasteiger partial charge is 0.307 e. The summed E-state index contributed by atoms with van der Waals surface area (Å²) in [7, 11) is 0. The number of rotatable bonds is 10. The van der Waals surface area contributed by atoms with E-state index in [0.29, 0.717) is 0 Å². The zero-order chi connectivity index (χ0) is 59.5. The van der Waals surface area contributed by atoms with Gasteiger partial charge in [-0.2, -0.15) is 0 Å². The molecular weight excluding hydrogens is 1100 g/mol. The summed E-state index contributed by atoms with van der Waals surface area (Å²) >= 11 is 0. The van der Waals surface area contributed by atoms with E-state index in [1.54, 1.807) is 0 Å². The Bertz CT molecular complexity index is 5050. The van der Waals surface area contributed by atoms with Crippen LogP contribution in [0, 0.1) is 0 Å². The van der Waals surface area contributed by atoms with Gasteiger partial charge in [0, 0.05) is 33.6 Å². The zero-order valence-electron chi connectivity index (χ0n) is 48.9. The van der Waals surface area contributed by atoms with Crippen molar-refractivity contribution in [3.05, 3.63) is 340 Å². The maximum atomic E-state index is 5.30. The average Bonchev–Trinajstić information content (AvgIpc) is 1.57. The van der Waals surface area contributed by atoms with E-state index in [-0.39, 0.29) is 0 Å². The highest BCUT2D eigenvalue weighted by Gasteiger charge is 2.33. The number of fused-ring (bicyclic) bond motifs is 10. The van der Waals surface area contributed by atoms with E-state index in [1.807, 2.05) is 0 Å². The Labute approximate surface area is 519 Å². The predicted molar refractivity (Wildman–Crippen MR) is 370 cm³/mol. The van der Waals surface area contributed by atoms with Gasteiger partial charge in [-0.3, -0.25) is 22.5 Å². The van der Waals surface area contributed by atoms with Crippen molar-refractivity contribution >= 4 is 55.7 Å². The van der Waals surface area contributed by atoms with Crippen molar-refractivity contribution in [2.24, 2.45) is 0 Å². The minimum atomic E-state index is 0.878. The Hall–Kier alpha value is -12.3. The molecule has 8 nitrogen and oxygen atoms in total. The topological polar surface area (TPSA) is 54.3 Å². The summed E-state index contributed by atoms with van der Waals surface area (Å²) in [5, 5.41) is 0. The van der Waals surface area contributed by atoms with Gasteiger partial charge in [0.2, 0.25) is 11.6 Å². The average molecular weight is 1150 g/mol. The molecule has 0 spiro atoms. The summed E-state index contributed by atoms with van der Waals surface area (Å²) in [6.07, 6.45) is 0. The number of hydrogen-bond acceptors (Lipinski definition) is 2. The summed E-state index contributed by atoms with van der Waals surface area (Å²) < 4.78 is 14.2. The highest BCUT2D eigenvalue weighted by molar-refractivity contribution is 6.04. The molecule has 90 heavy (non-hydrogen) atoms. The molecule has 18 rings (SSSR count). The lowest BCUT2D eigenvalue weighted by Crippen LogP contribution is -2.07. The van der Waals surface area contributed by atoms with Crippen LogP contribution in [0.2, 0.25) is 0 Å². The summed E-state index contributed by atoms with van der Waals surface area (Å²) in [6.45, 7) is 0. The van der Waals surface area contributed by atoms with E-state index >= 15 is 0 Å². The second-order valence-corrected chi connectivity index (χ2v) is 22.5. The van der Waals surface area contributed by atoms with E-state index in [0.717, 1.165) is 140 Å². The maximum Gasteiger partial charge on any atom is 0.221 e. The molecule has 0 saturated carbocycles. The molecule has 8 heteroatoms. The standard InChI is InChI=1S/2C41H28N4/c1-5-17-29(18-6-1)37-38(30-19-7-2-8-20-30)43(32-23-11-4-12-24-32)39(31-21-9-3-10-22-31)40(37)45-36-28-16-15-27-35(36)44-34-26-14-13-25-33(34)42-41(44)45;1-5-17-29(18-6-1)37-38(30-19-7-2-8-20-30)40(43(32-23-11-4-12-24-32)39(37)31-21-9-3-10-22-31)45-36-28-16-15-27-35(36)44-34-26-14-13-25-33(34)42-41(44)45/h2*1-28H. The Balaban J connectivity index is 0.000000139. The number of para-hydroxylation sites is 10. The van der Waals surface area contributed by atoms with Crippen LogP contribution >= 0.6 is 0 Å². The first-order valence-corrected chi connectivity index (χ1v) is 30.5. The molecule has 0 aliphatic carbocycles. The molecule has 0 amide bonds. The molecule has 18 aromatic rings. The third-order valence-corrected chi connectivity index (χ3v) is 17.3. The first kappa shape index (κ1) is 52.1. The summed E-state index contributed by atoms with van der Waals surface area (Å²) in [5.74, 6) is 2.81. The van der Waals surface area contributed by atoms with Crippen LogP contribution in [-0.4, -0.2) is 37.0 Å². The monoisotopic (exact) mass is 1150 g/mol. The fourth-order valence-electron chi connectivity index (χ4n) is 13.6. The molecule has 424 valence electrons. The Morgan fingerprint density at radius 1 is 0.200 bits per heavy atom. The van der Waals surface area contributed by atoms with Crippen LogP contribution < -0.4 is 0 Å². The molecule has 12 aromatic carbocycles. The number of nitrogens with zero attached hydrogens (tertiary/aromatic N) is 8. The summed E-state index contributed by atoms with van der Waals surface area (Å²) in [5.41, 5.74) is 25.5. The molecule has 0 aliphatic rings. The lowest BCUT2D eigenvalue weighted by Gasteiger charge is -2.17. The van der Waals surface area contributed by atoms with Gasteiger partial charge in [0.25, 0.3) is 0 Å². The fourth-order valence-corrected chi connectivity index (χ4v) is 13.6. The Morgan fingerprint density at radius 2 is 0.500 bits per heavy atom. The third-order valence-electron chi connectivity index (χ3n) is 17.3. The third kappa shape index (κ3) is 8.45. The van der Waals surface area contributed by atoms with Crippen molar-refractivity contribution < 1.29 is 0 Å². The van der Waals surface area contributed by atoms with E-state index in [1.165, 1.54) is 5.56 Å². The minimum Gasteiger partial charge on any atom is -0.307 e. The first-order chi connectivity index (χ1) is 44.8. The zero-order valence-corrected chi connectivity index (χ0v) is 48.9. The van der Waals surface area contributed by atoms with Gasteiger partial charge < -0.3 is 4.57 Å². The second-order valence-electron chi connectivity index (χ2n) is 22.5. The van der Waals surface area contributed by atoms with E-state index < -0.39 is 0 Å². The molecule has 0 aliphatic heterocycles. The lowest BCUT2D eigenvalue weighted by atomic mass is 9.94. The first-order valence-electron chi connectivity index (χ1n) is 30.5. The van der Waals surface area contributed by atoms with Crippen molar-refractivity contribution in [3.8, 4) is 90.0 Å². The summed E-state index contributed by atoms with van der Waals surface area (Å²) in [4.78, 5) is 10.6. The van der Waals surface area contributed by atoms with E-state index in [4.69, 9.17) is 9.97 Å². The SMILES string of the molecule is c1ccc(-c2c(-c3ccccc3)c(-n3c4ccccc4n4c5ccccc5nc34)n(-c3ccccc3)c2-c2ccccc2)cc1.c1ccc(-c2c(-n3c4ccccc4n4c5ccccc5nc34)c(-c3ccccc3)n(-c3ccccc3)c2-c2ccccc2)cc1. The molecular formula is C82H56N8. The molecule has 6 heterocycles. The minimum absolute atomic E-state index is 0.878. The van der Waals surface area contributed by atoms with Gasteiger partial charge in [-0.1, -0.05) is 267 Å². The molecule has 0 radical (unpaired) electrons. The van der Waals surface area contributed by atoms with Crippen LogP contribution in [0.25, 0.3) is 146 Å². The molecule has 6 aromatic heterocycles. The predicted octanol–water partition coefficient (Wildman–Crippen LogP) is 20.4. The van der Waals surface area contributed by atoms with Gasteiger partial charge in [-0.05, 0) is 101 Å². The number of hydrogen-bond donors (Lipinski definition) is 0. The van der Waals surface area contributed by atoms with Crippen LogP contribution in [0.4, 0.5) is 0 Å². The normalized spacial score (nSPS) is 11.6. The van der Waals surface area contributed by atoms with Gasteiger partial charge in [0.05, 0.1) is 66.9 Å². The molecule has 0 saturated heterocycles. The molecule has 0 atom stereocenters. The van der Waals surface area contributed by atoms with Gasteiger partial charge >= 0.3 is 0 Å². The smallest absolute Gasteiger partial charge is 0.221 e. The molecule has 0 fully saturated rings. The molecule has 0 bridgehead atoms. The highest BCUT2D eigenvalue weighted by atomic mass is 15.3. The lowest BCUT2D eigenvalue weighted by molar-refractivity contribution is 0.965. The highest BCUT2D eigenvalue weighted by Crippen LogP contribution is 2.51. The summed E-state index contributed by atoms with van der Waals surface area (Å²) in [6, 6.07) is 120. The van der Waals surface area contributed by atoms with Crippen molar-refractivity contribution in [2.45, 2.75) is 0 Å². The van der Waals surface area contributed by atoms with Crippen LogP contribution in [-0.2, 0) is 0 Å². The van der Waals surface area contributed by atoms with Crippen LogP contribution in [0.3, 0.4) is 0 Å². The van der Waals surface area contributed by atoms with E-state index in [9.17, 15) is 0 Å².